The van der Waals surface area contributed by atoms with Crippen LogP contribution >= 0.6 is 0 Å². The molecular weight excluding hydrogens is 312 g/mol. The van der Waals surface area contributed by atoms with Crippen molar-refractivity contribution >= 4 is 22.1 Å². The van der Waals surface area contributed by atoms with Crippen LogP contribution in [0.5, 0.6) is 23.5 Å². The highest BCUT2D eigenvalue weighted by Gasteiger charge is 2.04. The van der Waals surface area contributed by atoms with E-state index >= 15 is 0 Å². The van der Waals surface area contributed by atoms with Gasteiger partial charge in [-0.25, -0.2) is 19.9 Å². The third kappa shape index (κ3) is 3.07. The van der Waals surface area contributed by atoms with Crippen LogP contribution in [0.15, 0.2) is 48.5 Å². The Morgan fingerprint density at radius 3 is 0.833 bits per heavy atom. The van der Waals surface area contributed by atoms with Gasteiger partial charge in [-0.3, -0.25) is 0 Å². The molecule has 0 saturated carbocycles. The summed E-state index contributed by atoms with van der Waals surface area (Å²) in [7, 11) is 0. The number of rotatable bonds is 0. The first kappa shape index (κ1) is 15.2. The Morgan fingerprint density at radius 2 is 0.625 bits per heavy atom. The number of aromatic nitrogens is 4. The van der Waals surface area contributed by atoms with Crippen molar-refractivity contribution in [1.29, 1.82) is 0 Å². The van der Waals surface area contributed by atoms with Crippen LogP contribution in [0.4, 0.5) is 0 Å². The number of benzene rings is 2. The zero-order chi connectivity index (χ0) is 17.1. The van der Waals surface area contributed by atoms with Gasteiger partial charge in [-0.2, -0.15) is 0 Å². The lowest BCUT2D eigenvalue weighted by Crippen LogP contribution is -1.84. The third-order valence-corrected chi connectivity index (χ3v) is 3.07. The predicted octanol–water partition coefficient (Wildman–Crippen LogP) is 2.08. The molecule has 0 atom stereocenters. The number of aromatic hydroxyl groups is 4. The molecule has 0 fully saturated rings. The summed E-state index contributed by atoms with van der Waals surface area (Å²) in [5.74, 6) is -1.75. The average Bonchev–Trinajstić information content (AvgIpc) is 2.57. The van der Waals surface area contributed by atoms with Crippen LogP contribution in [0, 0.1) is 0 Å². The predicted molar refractivity (Wildman–Crippen MR) is 85.7 cm³/mol. The fourth-order valence-corrected chi connectivity index (χ4v) is 1.96. The van der Waals surface area contributed by atoms with Gasteiger partial charge in [-0.05, 0) is 24.3 Å². The van der Waals surface area contributed by atoms with Crippen LogP contribution in [0.2, 0.25) is 0 Å². The molecule has 0 aliphatic rings. The molecule has 0 unspecified atom stereocenters. The molecular formula is C16H12N4O4. The molecule has 2 aromatic carbocycles. The fourth-order valence-electron chi connectivity index (χ4n) is 1.96. The molecule has 0 aliphatic heterocycles. The van der Waals surface area contributed by atoms with Crippen molar-refractivity contribution in [3.8, 4) is 23.5 Å². The first-order chi connectivity index (χ1) is 11.5. The average molecular weight is 324 g/mol. The molecule has 24 heavy (non-hydrogen) atoms. The Bertz CT molecular complexity index is 859. The Kier molecular flexibility index (Phi) is 3.94. The van der Waals surface area contributed by atoms with E-state index < -0.39 is 23.5 Å². The number of para-hydroxylation sites is 4. The lowest BCUT2D eigenvalue weighted by atomic mass is 10.3. The van der Waals surface area contributed by atoms with Gasteiger partial charge in [0.2, 0.25) is 0 Å². The molecule has 0 amide bonds. The Hall–Kier alpha value is -3.68. The third-order valence-electron chi connectivity index (χ3n) is 3.07. The minimum atomic E-state index is -0.436. The lowest BCUT2D eigenvalue weighted by molar-refractivity contribution is 0.378. The molecule has 8 heteroatoms. The van der Waals surface area contributed by atoms with Crippen LogP contribution in [0.1, 0.15) is 0 Å². The second-order valence-corrected chi connectivity index (χ2v) is 4.72. The maximum Gasteiger partial charge on any atom is 0.276 e. The summed E-state index contributed by atoms with van der Waals surface area (Å²) < 4.78 is 0. The van der Waals surface area contributed by atoms with Crippen molar-refractivity contribution in [3.63, 3.8) is 0 Å². The maximum absolute atomic E-state index is 8.99. The molecule has 4 N–H and O–H groups in total. The van der Waals surface area contributed by atoms with E-state index in [9.17, 15) is 0 Å². The van der Waals surface area contributed by atoms with Crippen LogP contribution in [0.25, 0.3) is 22.1 Å². The van der Waals surface area contributed by atoms with E-state index in [2.05, 4.69) is 19.9 Å². The van der Waals surface area contributed by atoms with Gasteiger partial charge in [0.15, 0.2) is 0 Å². The van der Waals surface area contributed by atoms with E-state index in [0.717, 1.165) is 0 Å². The smallest absolute Gasteiger partial charge is 0.276 e. The normalized spacial score (nSPS) is 10.3. The van der Waals surface area contributed by atoms with Crippen molar-refractivity contribution in [2.24, 2.45) is 0 Å². The minimum Gasteiger partial charge on any atom is -0.489 e. The fraction of sp³-hybridized carbons (Fsp3) is 0. The Balaban J connectivity index is 0.000000141. The standard InChI is InChI=1S/2C8H6N2O2/c2*11-7-8(12)10-6-4-2-1-3-5(6)9-7/h2*1-4H,(H,9,11)(H,10,12). The molecule has 2 aromatic heterocycles. The maximum atomic E-state index is 8.99. The second-order valence-electron chi connectivity index (χ2n) is 4.72. The first-order valence-corrected chi connectivity index (χ1v) is 6.84. The van der Waals surface area contributed by atoms with Gasteiger partial charge < -0.3 is 20.4 Å². The largest absolute Gasteiger partial charge is 0.489 e. The number of nitrogens with zero attached hydrogens (tertiary/aromatic N) is 4. The lowest BCUT2D eigenvalue weighted by Gasteiger charge is -1.97. The van der Waals surface area contributed by atoms with E-state index in [-0.39, 0.29) is 0 Å². The zero-order valence-corrected chi connectivity index (χ0v) is 12.2. The van der Waals surface area contributed by atoms with E-state index in [0.29, 0.717) is 22.1 Å². The molecule has 8 nitrogen and oxygen atoms in total. The highest BCUT2D eigenvalue weighted by atomic mass is 16.3. The number of fused-ring (bicyclic) bond motifs is 2. The second kappa shape index (κ2) is 6.21. The topological polar surface area (TPSA) is 132 Å². The minimum absolute atomic E-state index is 0.436. The summed E-state index contributed by atoms with van der Waals surface area (Å²) in [6.45, 7) is 0. The van der Waals surface area contributed by atoms with Gasteiger partial charge >= 0.3 is 0 Å². The highest BCUT2D eigenvalue weighted by Crippen LogP contribution is 2.22. The molecule has 0 radical (unpaired) electrons. The zero-order valence-electron chi connectivity index (χ0n) is 12.2. The SMILES string of the molecule is Oc1nc2ccccc2nc1O.Oc1nc2ccccc2nc1O. The number of hydrogen-bond acceptors (Lipinski definition) is 8. The van der Waals surface area contributed by atoms with Gasteiger partial charge in [0.05, 0.1) is 22.1 Å². The quantitative estimate of drug-likeness (QED) is 0.386. The van der Waals surface area contributed by atoms with E-state index in [4.69, 9.17) is 20.4 Å². The van der Waals surface area contributed by atoms with E-state index in [1.807, 2.05) is 0 Å². The summed E-state index contributed by atoms with van der Waals surface area (Å²) in [6, 6.07) is 14.0. The van der Waals surface area contributed by atoms with E-state index in [1.165, 1.54) is 0 Å². The molecule has 120 valence electrons. The van der Waals surface area contributed by atoms with Crippen LogP contribution in [-0.4, -0.2) is 40.4 Å². The molecule has 4 aromatic rings. The highest BCUT2D eigenvalue weighted by molar-refractivity contribution is 5.75. The molecule has 4 rings (SSSR count). The molecule has 2 heterocycles. The molecule has 0 saturated heterocycles. The summed E-state index contributed by atoms with van der Waals surface area (Å²) >= 11 is 0. The van der Waals surface area contributed by atoms with Crippen molar-refractivity contribution in [2.45, 2.75) is 0 Å². The van der Waals surface area contributed by atoms with Crippen LogP contribution < -0.4 is 0 Å². The number of hydrogen-bond donors (Lipinski definition) is 4. The molecule has 0 bridgehead atoms. The summed E-state index contributed by atoms with van der Waals surface area (Å²) in [5, 5.41) is 36.0. The van der Waals surface area contributed by atoms with E-state index in [1.54, 1.807) is 48.5 Å². The van der Waals surface area contributed by atoms with Crippen molar-refractivity contribution in [3.05, 3.63) is 48.5 Å². The molecule has 0 spiro atoms. The van der Waals surface area contributed by atoms with Crippen LogP contribution in [0.3, 0.4) is 0 Å². The summed E-state index contributed by atoms with van der Waals surface area (Å²) in [5.41, 5.74) is 2.25. The van der Waals surface area contributed by atoms with Crippen molar-refractivity contribution in [1.82, 2.24) is 19.9 Å². The first-order valence-electron chi connectivity index (χ1n) is 6.84. The van der Waals surface area contributed by atoms with Gasteiger partial charge in [-0.15, -0.1) is 0 Å². The van der Waals surface area contributed by atoms with Crippen molar-refractivity contribution in [2.75, 3.05) is 0 Å². The monoisotopic (exact) mass is 324 g/mol. The Labute approximate surface area is 135 Å². The summed E-state index contributed by atoms with van der Waals surface area (Å²) in [6.07, 6.45) is 0. The van der Waals surface area contributed by atoms with Gasteiger partial charge in [0.25, 0.3) is 23.5 Å². The van der Waals surface area contributed by atoms with Gasteiger partial charge in [0.1, 0.15) is 0 Å². The van der Waals surface area contributed by atoms with Gasteiger partial charge in [0, 0.05) is 0 Å². The van der Waals surface area contributed by atoms with Gasteiger partial charge in [-0.1, -0.05) is 24.3 Å². The van der Waals surface area contributed by atoms with Crippen molar-refractivity contribution < 1.29 is 20.4 Å². The summed E-state index contributed by atoms with van der Waals surface area (Å²) in [4.78, 5) is 14.9. The Morgan fingerprint density at radius 1 is 0.417 bits per heavy atom. The van der Waals surface area contributed by atoms with Crippen LogP contribution in [-0.2, 0) is 0 Å². The molecule has 0 aliphatic carbocycles.